The molecule has 78 valence electrons. The van der Waals surface area contributed by atoms with E-state index in [1.54, 1.807) is 0 Å². The summed E-state index contributed by atoms with van der Waals surface area (Å²) < 4.78 is 0. The van der Waals surface area contributed by atoms with Gasteiger partial charge in [0.2, 0.25) is 0 Å². The molecule has 1 aliphatic heterocycles. The monoisotopic (exact) mass is 184 g/mol. The molecule has 1 N–H and O–H groups in total. The van der Waals surface area contributed by atoms with Crippen molar-refractivity contribution >= 4 is 0 Å². The molecule has 0 spiro atoms. The summed E-state index contributed by atoms with van der Waals surface area (Å²) in [6, 6.07) is 0.664. The van der Waals surface area contributed by atoms with E-state index in [1.165, 1.54) is 38.9 Å². The average Bonchev–Trinajstić information content (AvgIpc) is 2.14. The normalized spacial score (nSPS) is 27.5. The highest BCUT2D eigenvalue weighted by molar-refractivity contribution is 4.71. The third kappa shape index (κ3) is 4.10. The summed E-state index contributed by atoms with van der Waals surface area (Å²) in [6.07, 6.45) is 4.11. The predicted molar refractivity (Wildman–Crippen MR) is 58.0 cm³/mol. The Morgan fingerprint density at radius 3 is 2.92 bits per heavy atom. The molecule has 1 saturated heterocycles. The molecule has 2 nitrogen and oxygen atoms in total. The maximum atomic E-state index is 3.29. The summed E-state index contributed by atoms with van der Waals surface area (Å²) in [7, 11) is 2.05. The third-order valence-corrected chi connectivity index (χ3v) is 3.11. The Hall–Kier alpha value is -0.0800. The van der Waals surface area contributed by atoms with E-state index < -0.39 is 0 Å². The molecule has 0 bridgehead atoms. The van der Waals surface area contributed by atoms with Gasteiger partial charge in [0.25, 0.3) is 0 Å². The molecule has 0 saturated carbocycles. The zero-order chi connectivity index (χ0) is 9.68. The topological polar surface area (TPSA) is 15.3 Å². The number of hydrogen-bond acceptors (Lipinski definition) is 2. The molecule has 1 aliphatic rings. The second-order valence-electron chi connectivity index (χ2n) is 4.53. The summed E-state index contributed by atoms with van der Waals surface area (Å²) >= 11 is 0. The first-order valence-electron chi connectivity index (χ1n) is 5.62. The van der Waals surface area contributed by atoms with Crippen LogP contribution in [-0.2, 0) is 0 Å². The van der Waals surface area contributed by atoms with Gasteiger partial charge in [0, 0.05) is 12.6 Å². The van der Waals surface area contributed by atoms with Crippen LogP contribution in [0.4, 0.5) is 0 Å². The van der Waals surface area contributed by atoms with Crippen LogP contribution in [0.2, 0.25) is 0 Å². The van der Waals surface area contributed by atoms with Gasteiger partial charge in [0.05, 0.1) is 0 Å². The summed E-state index contributed by atoms with van der Waals surface area (Å²) in [6.45, 7) is 8.53. The Kier molecular flexibility index (Phi) is 4.74. The molecule has 2 atom stereocenters. The molecule has 1 rings (SSSR count). The first kappa shape index (κ1) is 11.0. The van der Waals surface area contributed by atoms with Crippen LogP contribution in [0.3, 0.4) is 0 Å². The van der Waals surface area contributed by atoms with E-state index in [0.717, 1.165) is 5.92 Å². The highest BCUT2D eigenvalue weighted by Crippen LogP contribution is 2.15. The third-order valence-electron chi connectivity index (χ3n) is 3.11. The number of rotatable bonds is 4. The van der Waals surface area contributed by atoms with E-state index in [-0.39, 0.29) is 0 Å². The van der Waals surface area contributed by atoms with E-state index in [4.69, 9.17) is 0 Å². The van der Waals surface area contributed by atoms with Crippen LogP contribution >= 0.6 is 0 Å². The van der Waals surface area contributed by atoms with Gasteiger partial charge >= 0.3 is 0 Å². The molecule has 13 heavy (non-hydrogen) atoms. The van der Waals surface area contributed by atoms with Gasteiger partial charge < -0.3 is 10.2 Å². The number of likely N-dealkylation sites (tertiary alicyclic amines) is 1. The van der Waals surface area contributed by atoms with E-state index >= 15 is 0 Å². The van der Waals surface area contributed by atoms with Crippen molar-refractivity contribution in [3.63, 3.8) is 0 Å². The minimum Gasteiger partial charge on any atom is -0.317 e. The van der Waals surface area contributed by atoms with Crippen molar-refractivity contribution in [1.29, 1.82) is 0 Å². The van der Waals surface area contributed by atoms with Crippen molar-refractivity contribution in [3.05, 3.63) is 0 Å². The fourth-order valence-electron chi connectivity index (χ4n) is 2.01. The summed E-state index contributed by atoms with van der Waals surface area (Å²) in [5.74, 6) is 0.915. The molecule has 0 amide bonds. The molecule has 0 aliphatic carbocycles. The molecule has 0 radical (unpaired) electrons. The van der Waals surface area contributed by atoms with E-state index in [1.807, 2.05) is 7.05 Å². The van der Waals surface area contributed by atoms with Gasteiger partial charge in [0.15, 0.2) is 0 Å². The Morgan fingerprint density at radius 2 is 2.31 bits per heavy atom. The Balaban J connectivity index is 2.13. The Labute approximate surface area is 82.7 Å². The van der Waals surface area contributed by atoms with Crippen molar-refractivity contribution in [2.75, 3.05) is 26.7 Å². The SMILES string of the molecule is CN[C@@H](C)CCN1CCC[C@@H](C)C1. The molecule has 0 unspecified atom stereocenters. The maximum absolute atomic E-state index is 3.29. The van der Waals surface area contributed by atoms with Gasteiger partial charge in [-0.15, -0.1) is 0 Å². The Bertz CT molecular complexity index is 136. The van der Waals surface area contributed by atoms with Crippen LogP contribution in [0.1, 0.15) is 33.1 Å². The van der Waals surface area contributed by atoms with Crippen molar-refractivity contribution in [2.45, 2.75) is 39.2 Å². The van der Waals surface area contributed by atoms with Crippen molar-refractivity contribution in [3.8, 4) is 0 Å². The molecule has 0 aromatic rings. The van der Waals surface area contributed by atoms with Gasteiger partial charge in [-0.25, -0.2) is 0 Å². The number of hydrogen-bond donors (Lipinski definition) is 1. The largest absolute Gasteiger partial charge is 0.317 e. The second kappa shape index (κ2) is 5.61. The molecular weight excluding hydrogens is 160 g/mol. The molecule has 0 aromatic heterocycles. The predicted octanol–water partition coefficient (Wildman–Crippen LogP) is 1.72. The number of nitrogens with zero attached hydrogens (tertiary/aromatic N) is 1. The molecular formula is C11H24N2. The minimum atomic E-state index is 0.664. The van der Waals surface area contributed by atoms with E-state index in [2.05, 4.69) is 24.1 Å². The average molecular weight is 184 g/mol. The summed E-state index contributed by atoms with van der Waals surface area (Å²) in [4.78, 5) is 2.61. The van der Waals surface area contributed by atoms with Crippen LogP contribution in [-0.4, -0.2) is 37.6 Å². The first-order chi connectivity index (χ1) is 6.22. The van der Waals surface area contributed by atoms with Gasteiger partial charge in [-0.3, -0.25) is 0 Å². The quantitative estimate of drug-likeness (QED) is 0.715. The van der Waals surface area contributed by atoms with Crippen molar-refractivity contribution in [1.82, 2.24) is 10.2 Å². The van der Waals surface area contributed by atoms with E-state index in [0.29, 0.717) is 6.04 Å². The fourth-order valence-corrected chi connectivity index (χ4v) is 2.01. The molecule has 1 heterocycles. The van der Waals surface area contributed by atoms with Crippen LogP contribution in [0, 0.1) is 5.92 Å². The minimum absolute atomic E-state index is 0.664. The Morgan fingerprint density at radius 1 is 1.54 bits per heavy atom. The van der Waals surface area contributed by atoms with Crippen LogP contribution < -0.4 is 5.32 Å². The smallest absolute Gasteiger partial charge is 0.00479 e. The second-order valence-corrected chi connectivity index (χ2v) is 4.53. The van der Waals surface area contributed by atoms with Crippen LogP contribution in [0.15, 0.2) is 0 Å². The number of piperidine rings is 1. The lowest BCUT2D eigenvalue weighted by atomic mass is 10.00. The van der Waals surface area contributed by atoms with E-state index in [9.17, 15) is 0 Å². The summed E-state index contributed by atoms with van der Waals surface area (Å²) in [5.41, 5.74) is 0. The summed E-state index contributed by atoms with van der Waals surface area (Å²) in [5, 5.41) is 3.29. The van der Waals surface area contributed by atoms with Gasteiger partial charge in [-0.05, 0) is 52.2 Å². The maximum Gasteiger partial charge on any atom is 0.00479 e. The van der Waals surface area contributed by atoms with Gasteiger partial charge in [-0.2, -0.15) is 0 Å². The lowest BCUT2D eigenvalue weighted by Gasteiger charge is -2.31. The van der Waals surface area contributed by atoms with Crippen molar-refractivity contribution in [2.24, 2.45) is 5.92 Å². The molecule has 1 fully saturated rings. The lowest BCUT2D eigenvalue weighted by molar-refractivity contribution is 0.177. The van der Waals surface area contributed by atoms with Gasteiger partial charge in [0.1, 0.15) is 0 Å². The van der Waals surface area contributed by atoms with Crippen LogP contribution in [0.25, 0.3) is 0 Å². The highest BCUT2D eigenvalue weighted by Gasteiger charge is 2.15. The standard InChI is InChI=1S/C11H24N2/c1-10-5-4-7-13(9-10)8-6-11(2)12-3/h10-12H,4-9H2,1-3H3/t10-,11+/m1/s1. The number of nitrogens with one attached hydrogen (secondary N) is 1. The molecule has 0 aromatic carbocycles. The first-order valence-corrected chi connectivity index (χ1v) is 5.62. The fraction of sp³-hybridized carbons (Fsp3) is 1.00. The zero-order valence-corrected chi connectivity index (χ0v) is 9.34. The highest BCUT2D eigenvalue weighted by atomic mass is 15.1. The van der Waals surface area contributed by atoms with Crippen molar-refractivity contribution < 1.29 is 0 Å². The lowest BCUT2D eigenvalue weighted by Crippen LogP contribution is -2.37. The zero-order valence-electron chi connectivity index (χ0n) is 9.34. The van der Waals surface area contributed by atoms with Gasteiger partial charge in [-0.1, -0.05) is 6.92 Å². The molecule has 2 heteroatoms. The van der Waals surface area contributed by atoms with Crippen LogP contribution in [0.5, 0.6) is 0 Å².